The van der Waals surface area contributed by atoms with E-state index in [4.69, 9.17) is 9.47 Å². The van der Waals surface area contributed by atoms with E-state index in [1.807, 2.05) is 24.5 Å². The zero-order valence-electron chi connectivity index (χ0n) is 19.9. The summed E-state index contributed by atoms with van der Waals surface area (Å²) < 4.78 is 12.8. The molecule has 3 heterocycles. The number of anilines is 2. The van der Waals surface area contributed by atoms with Gasteiger partial charge in [0.1, 0.15) is 5.65 Å². The van der Waals surface area contributed by atoms with Crippen molar-refractivity contribution in [3.05, 3.63) is 18.0 Å². The van der Waals surface area contributed by atoms with Gasteiger partial charge in [-0.3, -0.25) is 4.79 Å². The second kappa shape index (κ2) is 10.8. The minimum Gasteiger partial charge on any atom is -0.464 e. The quantitative estimate of drug-likeness (QED) is 0.526. The van der Waals surface area contributed by atoms with E-state index in [1.54, 1.807) is 6.20 Å². The van der Waals surface area contributed by atoms with Crippen molar-refractivity contribution in [2.45, 2.75) is 66.0 Å². The van der Waals surface area contributed by atoms with E-state index < -0.39 is 5.97 Å². The molecule has 8 heteroatoms. The molecule has 0 aliphatic carbocycles. The highest BCUT2D eigenvalue weighted by Crippen LogP contribution is 2.34. The lowest BCUT2D eigenvalue weighted by atomic mass is 10.1. The number of amides is 1. The van der Waals surface area contributed by atoms with Crippen molar-refractivity contribution in [3.63, 3.8) is 0 Å². The molecule has 2 N–H and O–H groups in total. The average molecular weight is 445 g/mol. The van der Waals surface area contributed by atoms with Crippen LogP contribution in [0, 0.1) is 11.8 Å². The van der Waals surface area contributed by atoms with Crippen molar-refractivity contribution in [2.75, 3.05) is 30.9 Å². The number of nitrogens with zero attached hydrogens (tertiary/aromatic N) is 2. The van der Waals surface area contributed by atoms with Crippen LogP contribution in [-0.2, 0) is 20.8 Å². The van der Waals surface area contributed by atoms with Crippen LogP contribution in [0.3, 0.4) is 0 Å². The summed E-state index contributed by atoms with van der Waals surface area (Å²) in [4.78, 5) is 30.4. The molecule has 0 bridgehead atoms. The third-order valence-electron chi connectivity index (χ3n) is 6.05. The Morgan fingerprint density at radius 3 is 2.75 bits per heavy atom. The summed E-state index contributed by atoms with van der Waals surface area (Å²) in [6, 6.07) is 1.95. The van der Waals surface area contributed by atoms with Gasteiger partial charge in [-0.25, -0.2) is 9.78 Å². The van der Waals surface area contributed by atoms with Gasteiger partial charge in [0.15, 0.2) is 5.69 Å². The Morgan fingerprint density at radius 2 is 2.12 bits per heavy atom. The molecule has 3 rings (SSSR count). The van der Waals surface area contributed by atoms with Crippen molar-refractivity contribution >= 4 is 34.3 Å². The van der Waals surface area contributed by atoms with Crippen LogP contribution in [0.1, 0.15) is 63.9 Å². The maximum Gasteiger partial charge on any atom is 0.356 e. The fraction of sp³-hybridized carbons (Fsp3) is 0.625. The van der Waals surface area contributed by atoms with Gasteiger partial charge in [0.05, 0.1) is 37.3 Å². The lowest BCUT2D eigenvalue weighted by molar-refractivity contribution is -0.119. The minimum absolute atomic E-state index is 0.00207. The molecular weight excluding hydrogens is 408 g/mol. The molecule has 1 aliphatic heterocycles. The highest BCUT2D eigenvalue weighted by atomic mass is 16.5. The topological polar surface area (TPSA) is 94.5 Å². The molecular formula is C24H36N4O4. The monoisotopic (exact) mass is 444 g/mol. The number of methoxy groups -OCH3 is 1. The highest BCUT2D eigenvalue weighted by molar-refractivity contribution is 6.11. The second-order valence-electron chi connectivity index (χ2n) is 8.96. The normalized spacial score (nSPS) is 17.0. The molecule has 0 radical (unpaired) electrons. The van der Waals surface area contributed by atoms with Gasteiger partial charge in [-0.2, -0.15) is 0 Å². The summed E-state index contributed by atoms with van der Waals surface area (Å²) in [5.41, 5.74) is 2.24. The molecule has 8 nitrogen and oxygen atoms in total. The van der Waals surface area contributed by atoms with Gasteiger partial charge in [0, 0.05) is 24.5 Å². The van der Waals surface area contributed by atoms with Gasteiger partial charge in [0.2, 0.25) is 5.91 Å². The van der Waals surface area contributed by atoms with Crippen LogP contribution in [0.5, 0.6) is 0 Å². The Morgan fingerprint density at radius 1 is 1.34 bits per heavy atom. The molecule has 2 atom stereocenters. The van der Waals surface area contributed by atoms with Gasteiger partial charge in [-0.05, 0) is 37.7 Å². The Hall–Kier alpha value is -2.61. The summed E-state index contributed by atoms with van der Waals surface area (Å²) in [5.74, 6) is -0.234. The summed E-state index contributed by atoms with van der Waals surface area (Å²) in [7, 11) is 1.35. The number of carbonyl (C=O) groups is 2. The van der Waals surface area contributed by atoms with Crippen molar-refractivity contribution in [1.82, 2.24) is 9.55 Å². The third kappa shape index (κ3) is 5.41. The largest absolute Gasteiger partial charge is 0.464 e. The Balaban J connectivity index is 2.09. The number of hydrogen-bond acceptors (Lipinski definition) is 6. The molecule has 0 unspecified atom stereocenters. The smallest absolute Gasteiger partial charge is 0.356 e. The second-order valence-corrected chi connectivity index (χ2v) is 8.96. The number of hydrogen-bond donors (Lipinski definition) is 2. The van der Waals surface area contributed by atoms with Gasteiger partial charge >= 0.3 is 5.97 Å². The Kier molecular flexibility index (Phi) is 8.12. The number of carbonyl (C=O) groups excluding carboxylic acids is 2. The van der Waals surface area contributed by atoms with E-state index in [0.29, 0.717) is 42.5 Å². The number of fused-ring (bicyclic) bond motifs is 1. The van der Waals surface area contributed by atoms with Gasteiger partial charge in [-0.15, -0.1) is 0 Å². The maximum atomic E-state index is 12.9. The number of rotatable bonds is 10. The van der Waals surface area contributed by atoms with E-state index in [1.165, 1.54) is 7.11 Å². The highest BCUT2D eigenvalue weighted by Gasteiger charge is 2.29. The average Bonchev–Trinajstić information content (AvgIpc) is 3.39. The van der Waals surface area contributed by atoms with E-state index in [9.17, 15) is 9.59 Å². The predicted octanol–water partition coefficient (Wildman–Crippen LogP) is 4.44. The molecule has 0 aromatic carbocycles. The lowest BCUT2D eigenvalue weighted by Gasteiger charge is -2.15. The van der Waals surface area contributed by atoms with Crippen LogP contribution in [0.25, 0.3) is 11.0 Å². The van der Waals surface area contributed by atoms with E-state index >= 15 is 0 Å². The summed E-state index contributed by atoms with van der Waals surface area (Å²) >= 11 is 0. The first-order valence-corrected chi connectivity index (χ1v) is 11.6. The Labute approximate surface area is 190 Å². The van der Waals surface area contributed by atoms with Crippen LogP contribution in [0.15, 0.2) is 12.3 Å². The first-order valence-electron chi connectivity index (χ1n) is 11.6. The third-order valence-corrected chi connectivity index (χ3v) is 6.05. The zero-order valence-corrected chi connectivity index (χ0v) is 19.9. The van der Waals surface area contributed by atoms with Crippen LogP contribution in [0.4, 0.5) is 11.4 Å². The summed E-state index contributed by atoms with van der Waals surface area (Å²) in [6.45, 7) is 10.2. The van der Waals surface area contributed by atoms with Gasteiger partial charge in [0.25, 0.3) is 0 Å². The van der Waals surface area contributed by atoms with Crippen LogP contribution in [-0.4, -0.2) is 47.8 Å². The number of ether oxygens (including phenoxy) is 2. The van der Waals surface area contributed by atoms with Crippen LogP contribution in [0.2, 0.25) is 0 Å². The number of aromatic nitrogens is 2. The van der Waals surface area contributed by atoms with Crippen LogP contribution < -0.4 is 10.6 Å². The van der Waals surface area contributed by atoms with Gasteiger partial charge < -0.3 is 24.7 Å². The first-order chi connectivity index (χ1) is 15.3. The zero-order chi connectivity index (χ0) is 23.3. The summed E-state index contributed by atoms with van der Waals surface area (Å²) in [6.07, 6.45) is 5.42. The standard InChI is InChI=1S/C24H36N4O4/c1-6-16(4)23(29)27-20-19-12-17(25-10-9-15(2)3)13-26-22(19)28(21(20)24(30)31-5)14-18-8-7-11-32-18/h12-13,15-16,18,25H,6-11,14H2,1-5H3,(H,27,29)/t16-,18+/m0/s1. The lowest BCUT2D eigenvalue weighted by Crippen LogP contribution is -2.23. The fourth-order valence-corrected chi connectivity index (χ4v) is 3.86. The molecule has 2 aromatic rings. The molecule has 1 fully saturated rings. The summed E-state index contributed by atoms with van der Waals surface area (Å²) in [5, 5.41) is 7.12. The first kappa shape index (κ1) is 24.0. The molecule has 1 saturated heterocycles. The molecule has 0 spiro atoms. The SMILES string of the molecule is CC[C@H](C)C(=O)Nc1c(C(=O)OC)n(C[C@H]2CCCO2)c2ncc(NCCC(C)C)cc12. The number of nitrogens with one attached hydrogen (secondary N) is 2. The molecule has 0 saturated carbocycles. The van der Waals surface area contributed by atoms with Crippen LogP contribution >= 0.6 is 0 Å². The molecule has 1 amide bonds. The maximum absolute atomic E-state index is 12.9. The number of pyridine rings is 1. The van der Waals surface area contributed by atoms with Crippen molar-refractivity contribution in [1.29, 1.82) is 0 Å². The van der Waals surface area contributed by atoms with Crippen molar-refractivity contribution in [2.24, 2.45) is 11.8 Å². The predicted molar refractivity (Wildman–Crippen MR) is 126 cm³/mol. The Bertz CT molecular complexity index is 947. The molecule has 176 valence electrons. The van der Waals surface area contributed by atoms with Crippen molar-refractivity contribution < 1.29 is 19.1 Å². The molecule has 1 aliphatic rings. The van der Waals surface area contributed by atoms with E-state index in [0.717, 1.165) is 36.9 Å². The van der Waals surface area contributed by atoms with E-state index in [2.05, 4.69) is 29.5 Å². The fourth-order valence-electron chi connectivity index (χ4n) is 3.86. The minimum atomic E-state index is -0.505. The van der Waals surface area contributed by atoms with Crippen molar-refractivity contribution in [3.8, 4) is 0 Å². The van der Waals surface area contributed by atoms with E-state index in [-0.39, 0.29) is 17.9 Å². The molecule has 32 heavy (non-hydrogen) atoms. The number of esters is 1. The molecule has 2 aromatic heterocycles. The van der Waals surface area contributed by atoms with Gasteiger partial charge in [-0.1, -0.05) is 27.7 Å².